The van der Waals surface area contributed by atoms with E-state index in [4.69, 9.17) is 4.74 Å². The van der Waals surface area contributed by atoms with Gasteiger partial charge in [0.15, 0.2) is 0 Å². The molecular formula is C15H30N2O2. The van der Waals surface area contributed by atoms with Gasteiger partial charge in [0.2, 0.25) is 0 Å². The summed E-state index contributed by atoms with van der Waals surface area (Å²) in [5.74, 6) is 0.653. The first-order valence-corrected chi connectivity index (χ1v) is 7.34. The van der Waals surface area contributed by atoms with Gasteiger partial charge in [-0.3, -0.25) is 0 Å². The average Bonchev–Trinajstić information content (AvgIpc) is 2.25. The Morgan fingerprint density at radius 1 is 1.32 bits per heavy atom. The van der Waals surface area contributed by atoms with Crippen molar-refractivity contribution in [2.45, 2.75) is 65.5 Å². The summed E-state index contributed by atoms with van der Waals surface area (Å²) in [5, 5.41) is 3.63. The maximum Gasteiger partial charge on any atom is 0.410 e. The maximum atomic E-state index is 12.0. The van der Waals surface area contributed by atoms with E-state index in [-0.39, 0.29) is 11.6 Å². The first kappa shape index (κ1) is 16.3. The molecule has 19 heavy (non-hydrogen) atoms. The molecule has 0 aromatic rings. The van der Waals surface area contributed by atoms with E-state index >= 15 is 0 Å². The van der Waals surface area contributed by atoms with Crippen molar-refractivity contribution in [1.29, 1.82) is 0 Å². The van der Waals surface area contributed by atoms with Crippen LogP contribution in [0.25, 0.3) is 0 Å². The highest BCUT2D eigenvalue weighted by Crippen LogP contribution is 2.23. The molecule has 1 aliphatic heterocycles. The number of ether oxygens (including phenoxy) is 1. The highest BCUT2D eigenvalue weighted by Gasteiger charge is 2.33. The second-order valence-corrected chi connectivity index (χ2v) is 7.30. The van der Waals surface area contributed by atoms with Gasteiger partial charge >= 0.3 is 6.09 Å². The van der Waals surface area contributed by atoms with E-state index in [0.717, 1.165) is 32.5 Å². The van der Waals surface area contributed by atoms with Gasteiger partial charge in [-0.05, 0) is 53.0 Å². The van der Waals surface area contributed by atoms with Crippen LogP contribution in [-0.4, -0.2) is 41.8 Å². The SMILES string of the molecule is CC(C)CNC1(C)CCN(C(=O)OC(C)(C)C)CC1. The Kier molecular flexibility index (Phi) is 5.25. The molecule has 1 fully saturated rings. The van der Waals surface area contributed by atoms with Crippen molar-refractivity contribution in [3.63, 3.8) is 0 Å². The van der Waals surface area contributed by atoms with Crippen molar-refractivity contribution in [1.82, 2.24) is 10.2 Å². The molecule has 0 spiro atoms. The molecule has 112 valence electrons. The topological polar surface area (TPSA) is 41.6 Å². The highest BCUT2D eigenvalue weighted by molar-refractivity contribution is 5.68. The van der Waals surface area contributed by atoms with Crippen LogP contribution in [0.15, 0.2) is 0 Å². The van der Waals surface area contributed by atoms with Crippen LogP contribution in [-0.2, 0) is 4.74 Å². The molecular weight excluding hydrogens is 240 g/mol. The summed E-state index contributed by atoms with van der Waals surface area (Å²) < 4.78 is 5.41. The van der Waals surface area contributed by atoms with E-state index in [1.807, 2.05) is 25.7 Å². The Morgan fingerprint density at radius 2 is 1.84 bits per heavy atom. The summed E-state index contributed by atoms with van der Waals surface area (Å²) in [7, 11) is 0. The molecule has 0 saturated carbocycles. The third kappa shape index (κ3) is 5.81. The summed E-state index contributed by atoms with van der Waals surface area (Å²) in [4.78, 5) is 13.8. The fraction of sp³-hybridized carbons (Fsp3) is 0.933. The molecule has 0 unspecified atom stereocenters. The quantitative estimate of drug-likeness (QED) is 0.857. The molecule has 1 amide bonds. The standard InChI is InChI=1S/C15H30N2O2/c1-12(2)11-16-15(6)7-9-17(10-8-15)13(18)19-14(3,4)5/h12,16H,7-11H2,1-6H3. The zero-order valence-electron chi connectivity index (χ0n) is 13.4. The molecule has 1 N–H and O–H groups in total. The van der Waals surface area contributed by atoms with Crippen molar-refractivity contribution in [2.75, 3.05) is 19.6 Å². The van der Waals surface area contributed by atoms with Crippen LogP contribution in [0.2, 0.25) is 0 Å². The second kappa shape index (κ2) is 6.12. The molecule has 1 aliphatic rings. The molecule has 4 nitrogen and oxygen atoms in total. The summed E-state index contributed by atoms with van der Waals surface area (Å²) in [6.07, 6.45) is 1.79. The first-order chi connectivity index (χ1) is 8.61. The largest absolute Gasteiger partial charge is 0.444 e. The van der Waals surface area contributed by atoms with Gasteiger partial charge in [0, 0.05) is 18.6 Å². The van der Waals surface area contributed by atoms with Crippen molar-refractivity contribution < 1.29 is 9.53 Å². The van der Waals surface area contributed by atoms with E-state index in [9.17, 15) is 4.79 Å². The van der Waals surface area contributed by atoms with Gasteiger partial charge in [-0.1, -0.05) is 13.8 Å². The van der Waals surface area contributed by atoms with Crippen LogP contribution in [0, 0.1) is 5.92 Å². The fourth-order valence-electron chi connectivity index (χ4n) is 2.14. The number of hydrogen-bond acceptors (Lipinski definition) is 3. The minimum Gasteiger partial charge on any atom is -0.444 e. The summed E-state index contributed by atoms with van der Waals surface area (Å²) in [5.41, 5.74) is -0.253. The molecule has 0 aromatic heterocycles. The normalized spacial score (nSPS) is 19.6. The van der Waals surface area contributed by atoms with Crippen LogP contribution in [0.1, 0.15) is 54.4 Å². The Hall–Kier alpha value is -0.770. The van der Waals surface area contributed by atoms with Gasteiger partial charge in [0.1, 0.15) is 5.60 Å². The molecule has 4 heteroatoms. The number of carbonyl (C=O) groups is 1. The number of nitrogens with zero attached hydrogens (tertiary/aromatic N) is 1. The number of hydrogen-bond donors (Lipinski definition) is 1. The van der Waals surface area contributed by atoms with Gasteiger partial charge in [-0.15, -0.1) is 0 Å². The number of amides is 1. The minimum atomic E-state index is -0.409. The lowest BCUT2D eigenvalue weighted by molar-refractivity contribution is 0.0156. The van der Waals surface area contributed by atoms with E-state index < -0.39 is 5.60 Å². The third-order valence-corrected chi connectivity index (χ3v) is 3.46. The summed E-state index contributed by atoms with van der Waals surface area (Å²) in [6, 6.07) is 0. The number of rotatable bonds is 3. The number of piperidine rings is 1. The van der Waals surface area contributed by atoms with Gasteiger partial charge in [0.05, 0.1) is 0 Å². The monoisotopic (exact) mass is 270 g/mol. The molecule has 1 rings (SSSR count). The smallest absolute Gasteiger partial charge is 0.410 e. The van der Waals surface area contributed by atoms with E-state index in [0.29, 0.717) is 5.92 Å². The summed E-state index contributed by atoms with van der Waals surface area (Å²) in [6.45, 7) is 15.0. The molecule has 1 heterocycles. The zero-order chi connectivity index (χ0) is 14.7. The molecule has 0 aromatic carbocycles. The minimum absolute atomic E-state index is 0.156. The van der Waals surface area contributed by atoms with Gasteiger partial charge < -0.3 is 15.0 Å². The Morgan fingerprint density at radius 3 is 2.26 bits per heavy atom. The number of carbonyl (C=O) groups excluding carboxylic acids is 1. The van der Waals surface area contributed by atoms with Crippen LogP contribution < -0.4 is 5.32 Å². The lowest BCUT2D eigenvalue weighted by Crippen LogP contribution is -2.53. The lowest BCUT2D eigenvalue weighted by Gasteiger charge is -2.40. The van der Waals surface area contributed by atoms with E-state index in [1.165, 1.54) is 0 Å². The maximum absolute atomic E-state index is 12.0. The van der Waals surface area contributed by atoms with Crippen molar-refractivity contribution >= 4 is 6.09 Å². The molecule has 0 radical (unpaired) electrons. The van der Waals surface area contributed by atoms with Crippen molar-refractivity contribution in [3.05, 3.63) is 0 Å². The van der Waals surface area contributed by atoms with Crippen LogP contribution >= 0.6 is 0 Å². The van der Waals surface area contributed by atoms with Crippen LogP contribution in [0.5, 0.6) is 0 Å². The molecule has 1 saturated heterocycles. The zero-order valence-corrected chi connectivity index (χ0v) is 13.4. The highest BCUT2D eigenvalue weighted by atomic mass is 16.6. The number of nitrogens with one attached hydrogen (secondary N) is 1. The second-order valence-electron chi connectivity index (χ2n) is 7.30. The molecule has 0 aliphatic carbocycles. The Bertz CT molecular complexity index is 300. The molecule has 0 bridgehead atoms. The van der Waals surface area contributed by atoms with Crippen LogP contribution in [0.3, 0.4) is 0 Å². The van der Waals surface area contributed by atoms with Gasteiger partial charge in [0.25, 0.3) is 0 Å². The molecule has 0 atom stereocenters. The predicted octanol–water partition coefficient (Wildman–Crippen LogP) is 3.02. The summed E-state index contributed by atoms with van der Waals surface area (Å²) >= 11 is 0. The van der Waals surface area contributed by atoms with Crippen molar-refractivity contribution in [3.8, 4) is 0 Å². The van der Waals surface area contributed by atoms with Crippen molar-refractivity contribution in [2.24, 2.45) is 5.92 Å². The third-order valence-electron chi connectivity index (χ3n) is 3.46. The Balaban J connectivity index is 2.41. The fourth-order valence-corrected chi connectivity index (χ4v) is 2.14. The van der Waals surface area contributed by atoms with Gasteiger partial charge in [-0.2, -0.15) is 0 Å². The van der Waals surface area contributed by atoms with Gasteiger partial charge in [-0.25, -0.2) is 4.79 Å². The van der Waals surface area contributed by atoms with Crippen LogP contribution in [0.4, 0.5) is 4.79 Å². The average molecular weight is 270 g/mol. The Labute approximate surface area is 117 Å². The predicted molar refractivity (Wildman–Crippen MR) is 78.3 cm³/mol. The lowest BCUT2D eigenvalue weighted by atomic mass is 9.89. The first-order valence-electron chi connectivity index (χ1n) is 7.34. The number of likely N-dealkylation sites (tertiary alicyclic amines) is 1. The van der Waals surface area contributed by atoms with E-state index in [2.05, 4.69) is 26.1 Å². The van der Waals surface area contributed by atoms with E-state index in [1.54, 1.807) is 0 Å².